The minimum Gasteiger partial charge on any atom is -0.491 e. The zero-order valence-electron chi connectivity index (χ0n) is 12.0. The summed E-state index contributed by atoms with van der Waals surface area (Å²) in [6.07, 6.45) is 6.23. The van der Waals surface area contributed by atoms with Crippen LogP contribution in [0.25, 0.3) is 0 Å². The molecule has 2 rings (SSSR count). The molecule has 1 aliphatic rings. The average molecular weight is 297 g/mol. The monoisotopic (exact) mass is 296 g/mol. The van der Waals surface area contributed by atoms with Gasteiger partial charge in [0, 0.05) is 6.42 Å². The second-order valence-corrected chi connectivity index (χ2v) is 5.77. The Morgan fingerprint density at radius 3 is 2.70 bits per heavy atom. The van der Waals surface area contributed by atoms with Crippen molar-refractivity contribution in [3.63, 3.8) is 0 Å². The van der Waals surface area contributed by atoms with Gasteiger partial charge in [0.25, 0.3) is 0 Å². The minimum atomic E-state index is 0.127. The minimum absolute atomic E-state index is 0.127. The zero-order valence-corrected chi connectivity index (χ0v) is 12.8. The lowest BCUT2D eigenvalue weighted by Gasteiger charge is -2.19. The fraction of sp³-hybridized carbons (Fsp3) is 0.562. The Hall–Kier alpha value is -1.22. The highest BCUT2D eigenvalue weighted by Crippen LogP contribution is 2.40. The van der Waals surface area contributed by atoms with E-state index in [4.69, 9.17) is 21.1 Å². The second-order valence-electron chi connectivity index (χ2n) is 5.36. The summed E-state index contributed by atoms with van der Waals surface area (Å²) in [6, 6.07) is 3.81. The number of hydrogen-bond donors (Lipinski definition) is 0. The Kier molecular flexibility index (Phi) is 5.30. The van der Waals surface area contributed by atoms with Gasteiger partial charge in [0.05, 0.1) is 18.2 Å². The van der Waals surface area contributed by atoms with Gasteiger partial charge in [0.2, 0.25) is 0 Å². The molecule has 0 amide bonds. The predicted octanol–water partition coefficient (Wildman–Crippen LogP) is 4.36. The van der Waals surface area contributed by atoms with E-state index in [1.165, 1.54) is 12.8 Å². The van der Waals surface area contributed by atoms with E-state index in [0.29, 0.717) is 22.9 Å². The van der Waals surface area contributed by atoms with Gasteiger partial charge in [0.1, 0.15) is 6.29 Å². The van der Waals surface area contributed by atoms with Crippen LogP contribution in [0.15, 0.2) is 12.1 Å². The normalized spacial score (nSPS) is 16.9. The number of halogens is 1. The van der Waals surface area contributed by atoms with Crippen molar-refractivity contribution in [3.8, 4) is 11.5 Å². The van der Waals surface area contributed by atoms with E-state index >= 15 is 0 Å². The van der Waals surface area contributed by atoms with Crippen molar-refractivity contribution in [2.24, 2.45) is 0 Å². The van der Waals surface area contributed by atoms with Gasteiger partial charge < -0.3 is 14.3 Å². The molecule has 0 heterocycles. The van der Waals surface area contributed by atoms with Gasteiger partial charge in [-0.1, -0.05) is 18.5 Å². The first kappa shape index (κ1) is 15.2. The summed E-state index contributed by atoms with van der Waals surface area (Å²) in [5, 5.41) is 0.538. The van der Waals surface area contributed by atoms with Gasteiger partial charge in [-0.2, -0.15) is 0 Å². The zero-order chi connectivity index (χ0) is 14.5. The molecular weight excluding hydrogens is 276 g/mol. The van der Waals surface area contributed by atoms with Gasteiger partial charge in [-0.15, -0.1) is 0 Å². The quantitative estimate of drug-likeness (QED) is 0.732. The molecule has 1 aromatic carbocycles. The van der Waals surface area contributed by atoms with Crippen LogP contribution in [0.2, 0.25) is 5.02 Å². The van der Waals surface area contributed by atoms with Gasteiger partial charge in [-0.3, -0.25) is 0 Å². The third-order valence-corrected chi connectivity index (χ3v) is 4.13. The lowest BCUT2D eigenvalue weighted by Crippen LogP contribution is -2.12. The fourth-order valence-electron chi connectivity index (χ4n) is 2.62. The van der Waals surface area contributed by atoms with Crippen LogP contribution in [0.4, 0.5) is 0 Å². The molecule has 4 heteroatoms. The van der Waals surface area contributed by atoms with Crippen molar-refractivity contribution < 1.29 is 14.3 Å². The summed E-state index contributed by atoms with van der Waals surface area (Å²) in [7, 11) is 1.59. The number of methoxy groups -OCH3 is 1. The molecule has 0 saturated heterocycles. The maximum Gasteiger partial charge on any atom is 0.179 e. The van der Waals surface area contributed by atoms with Crippen LogP contribution in [-0.2, 0) is 4.79 Å². The van der Waals surface area contributed by atoms with Crippen molar-refractivity contribution >= 4 is 17.9 Å². The van der Waals surface area contributed by atoms with Gasteiger partial charge >= 0.3 is 0 Å². The van der Waals surface area contributed by atoms with E-state index in [1.807, 2.05) is 19.1 Å². The first-order chi connectivity index (χ1) is 9.65. The Bertz CT molecular complexity index is 467. The second kappa shape index (κ2) is 6.98. The molecule has 1 fully saturated rings. The molecule has 110 valence electrons. The summed E-state index contributed by atoms with van der Waals surface area (Å²) in [4.78, 5) is 10.7. The molecular formula is C16H21ClO3. The highest BCUT2D eigenvalue weighted by Gasteiger charge is 2.21. The predicted molar refractivity (Wildman–Crippen MR) is 80.0 cm³/mol. The first-order valence-corrected chi connectivity index (χ1v) is 7.51. The number of carbonyl (C=O) groups excluding carboxylic acids is 1. The Labute approximate surface area is 125 Å². The molecule has 1 atom stereocenters. The van der Waals surface area contributed by atoms with Crippen molar-refractivity contribution in [1.29, 1.82) is 0 Å². The molecule has 0 radical (unpaired) electrons. The van der Waals surface area contributed by atoms with E-state index < -0.39 is 0 Å². The molecule has 1 unspecified atom stereocenters. The Balaban J connectivity index is 2.28. The van der Waals surface area contributed by atoms with E-state index in [-0.39, 0.29) is 12.0 Å². The number of hydrogen-bond acceptors (Lipinski definition) is 3. The molecule has 0 aliphatic heterocycles. The van der Waals surface area contributed by atoms with E-state index in [1.54, 1.807) is 7.11 Å². The largest absolute Gasteiger partial charge is 0.491 e. The summed E-state index contributed by atoms with van der Waals surface area (Å²) < 4.78 is 11.4. The van der Waals surface area contributed by atoms with Crippen LogP contribution in [0.5, 0.6) is 11.5 Å². The molecule has 1 saturated carbocycles. The van der Waals surface area contributed by atoms with E-state index in [0.717, 1.165) is 24.7 Å². The number of ether oxygens (including phenoxy) is 2. The van der Waals surface area contributed by atoms with Gasteiger partial charge in [-0.05, 0) is 49.3 Å². The SMILES string of the molecule is COc1c(Cl)cc(C(C)CC=O)cc1OC1CCCC1. The summed E-state index contributed by atoms with van der Waals surface area (Å²) in [5.74, 6) is 1.40. The highest BCUT2D eigenvalue weighted by atomic mass is 35.5. The van der Waals surface area contributed by atoms with Crippen LogP contribution < -0.4 is 9.47 Å². The van der Waals surface area contributed by atoms with Crippen LogP contribution in [0.1, 0.15) is 50.5 Å². The van der Waals surface area contributed by atoms with Gasteiger partial charge in [0.15, 0.2) is 11.5 Å². The highest BCUT2D eigenvalue weighted by molar-refractivity contribution is 6.32. The topological polar surface area (TPSA) is 35.5 Å². The standard InChI is InChI=1S/C16H21ClO3/c1-11(7-8-18)12-9-14(17)16(19-2)15(10-12)20-13-5-3-4-6-13/h8-11,13H,3-7H2,1-2H3. The molecule has 0 spiro atoms. The van der Waals surface area contributed by atoms with Crippen molar-refractivity contribution in [2.75, 3.05) is 7.11 Å². The van der Waals surface area contributed by atoms with Crippen LogP contribution in [-0.4, -0.2) is 19.5 Å². The van der Waals surface area contributed by atoms with E-state index in [2.05, 4.69) is 0 Å². The molecule has 1 aliphatic carbocycles. The lowest BCUT2D eigenvalue weighted by molar-refractivity contribution is -0.108. The van der Waals surface area contributed by atoms with Crippen molar-refractivity contribution in [2.45, 2.75) is 51.0 Å². The van der Waals surface area contributed by atoms with Crippen molar-refractivity contribution in [3.05, 3.63) is 22.7 Å². The first-order valence-electron chi connectivity index (χ1n) is 7.13. The third-order valence-electron chi connectivity index (χ3n) is 3.85. The van der Waals surface area contributed by atoms with E-state index in [9.17, 15) is 4.79 Å². The lowest BCUT2D eigenvalue weighted by atomic mass is 9.98. The Morgan fingerprint density at radius 2 is 2.10 bits per heavy atom. The number of benzene rings is 1. The average Bonchev–Trinajstić information content (AvgIpc) is 2.91. The molecule has 20 heavy (non-hydrogen) atoms. The van der Waals surface area contributed by atoms with Crippen molar-refractivity contribution in [1.82, 2.24) is 0 Å². The molecule has 1 aromatic rings. The molecule has 3 nitrogen and oxygen atoms in total. The molecule has 0 bridgehead atoms. The molecule has 0 N–H and O–H groups in total. The van der Waals surface area contributed by atoms with Gasteiger partial charge in [-0.25, -0.2) is 0 Å². The number of carbonyl (C=O) groups is 1. The third kappa shape index (κ3) is 3.45. The number of rotatable bonds is 6. The smallest absolute Gasteiger partial charge is 0.179 e. The summed E-state index contributed by atoms with van der Waals surface area (Å²) in [6.45, 7) is 2.01. The Morgan fingerprint density at radius 1 is 1.40 bits per heavy atom. The maximum atomic E-state index is 10.7. The molecule has 0 aromatic heterocycles. The van der Waals surface area contributed by atoms with Crippen LogP contribution in [0, 0.1) is 0 Å². The van der Waals surface area contributed by atoms with Crippen LogP contribution >= 0.6 is 11.6 Å². The maximum absolute atomic E-state index is 10.7. The fourth-order valence-corrected chi connectivity index (χ4v) is 2.92. The summed E-state index contributed by atoms with van der Waals surface area (Å²) >= 11 is 6.27. The summed E-state index contributed by atoms with van der Waals surface area (Å²) in [5.41, 5.74) is 1.01. The van der Waals surface area contributed by atoms with Crippen LogP contribution in [0.3, 0.4) is 0 Å². The number of aldehydes is 1.